The predicted octanol–water partition coefficient (Wildman–Crippen LogP) is 9.02. The number of ether oxygens (including phenoxy) is 1. The van der Waals surface area contributed by atoms with Gasteiger partial charge in [0, 0.05) is 17.2 Å². The zero-order valence-electron chi connectivity index (χ0n) is 19.8. The molecule has 4 heteroatoms. The van der Waals surface area contributed by atoms with Crippen molar-refractivity contribution in [3.05, 3.63) is 88.7 Å². The van der Waals surface area contributed by atoms with Crippen LogP contribution in [0.4, 0.5) is 13.2 Å². The molecule has 1 aliphatic rings. The van der Waals surface area contributed by atoms with E-state index in [1.807, 2.05) is 19.1 Å². The molecular formula is C30H31F3O. The molecule has 34 heavy (non-hydrogen) atoms. The van der Waals surface area contributed by atoms with Crippen molar-refractivity contribution < 1.29 is 17.9 Å². The van der Waals surface area contributed by atoms with E-state index in [0.29, 0.717) is 35.0 Å². The van der Waals surface area contributed by atoms with Crippen LogP contribution in [0.25, 0.3) is 23.3 Å². The molecule has 0 spiro atoms. The topological polar surface area (TPSA) is 9.23 Å². The molecule has 1 aliphatic carbocycles. The first-order chi connectivity index (χ1) is 16.5. The van der Waals surface area contributed by atoms with E-state index in [4.69, 9.17) is 4.74 Å². The Labute approximate surface area is 200 Å². The smallest absolute Gasteiger partial charge is 0.166 e. The lowest BCUT2D eigenvalue weighted by Crippen LogP contribution is -2.14. The average molecular weight is 465 g/mol. The standard InChI is InChI=1S/C30H31F3O/c1-3-20-5-10-22(11-6-20)26-17-18-27(30(33)29(26)32)23-12-7-21(8-13-23)9-14-24-15-16-25(34-4-2)19-28(24)31/h7-9,12-20,22H,3-6,10-11H2,1-2H3. The minimum absolute atomic E-state index is 0.0989. The molecule has 0 amide bonds. The number of halogens is 3. The summed E-state index contributed by atoms with van der Waals surface area (Å²) in [6, 6.07) is 15.4. The van der Waals surface area contributed by atoms with Crippen LogP contribution in [-0.4, -0.2) is 6.61 Å². The van der Waals surface area contributed by atoms with Gasteiger partial charge in [0.1, 0.15) is 11.6 Å². The molecule has 3 aromatic rings. The zero-order valence-corrected chi connectivity index (χ0v) is 19.8. The van der Waals surface area contributed by atoms with Crippen molar-refractivity contribution in [2.45, 2.75) is 51.9 Å². The third-order valence-electron chi connectivity index (χ3n) is 6.94. The lowest BCUT2D eigenvalue weighted by atomic mass is 9.77. The minimum atomic E-state index is -0.783. The summed E-state index contributed by atoms with van der Waals surface area (Å²) < 4.78 is 49.5. The fourth-order valence-corrected chi connectivity index (χ4v) is 4.84. The van der Waals surface area contributed by atoms with Crippen LogP contribution in [0.2, 0.25) is 0 Å². The predicted molar refractivity (Wildman–Crippen MR) is 133 cm³/mol. The first-order valence-electron chi connectivity index (χ1n) is 12.2. The summed E-state index contributed by atoms with van der Waals surface area (Å²) in [6.07, 6.45) is 8.63. The summed E-state index contributed by atoms with van der Waals surface area (Å²) in [4.78, 5) is 0. The van der Waals surface area contributed by atoms with Crippen molar-refractivity contribution in [2.75, 3.05) is 6.61 Å². The molecule has 0 atom stereocenters. The van der Waals surface area contributed by atoms with Crippen LogP contribution in [-0.2, 0) is 0 Å². The maximum Gasteiger partial charge on any atom is 0.166 e. The van der Waals surface area contributed by atoms with Gasteiger partial charge >= 0.3 is 0 Å². The highest BCUT2D eigenvalue weighted by Gasteiger charge is 2.25. The molecule has 3 aromatic carbocycles. The first kappa shape index (κ1) is 24.1. The van der Waals surface area contributed by atoms with Crippen LogP contribution in [0, 0.1) is 23.4 Å². The maximum absolute atomic E-state index is 15.0. The average Bonchev–Trinajstić information content (AvgIpc) is 2.86. The van der Waals surface area contributed by atoms with Crippen LogP contribution in [0.5, 0.6) is 5.75 Å². The van der Waals surface area contributed by atoms with Crippen molar-refractivity contribution in [3.8, 4) is 16.9 Å². The molecule has 0 unspecified atom stereocenters. The Bertz CT molecular complexity index is 1140. The molecule has 0 heterocycles. The van der Waals surface area contributed by atoms with E-state index in [0.717, 1.165) is 37.7 Å². The molecule has 178 valence electrons. The van der Waals surface area contributed by atoms with E-state index in [-0.39, 0.29) is 17.3 Å². The highest BCUT2D eigenvalue weighted by molar-refractivity contribution is 5.73. The van der Waals surface area contributed by atoms with Crippen LogP contribution in [0.1, 0.15) is 68.6 Å². The summed E-state index contributed by atoms with van der Waals surface area (Å²) in [5, 5.41) is 0. The van der Waals surface area contributed by atoms with E-state index < -0.39 is 11.6 Å². The van der Waals surface area contributed by atoms with Crippen molar-refractivity contribution in [3.63, 3.8) is 0 Å². The minimum Gasteiger partial charge on any atom is -0.494 e. The Morgan fingerprint density at radius 2 is 1.56 bits per heavy atom. The lowest BCUT2D eigenvalue weighted by Gasteiger charge is -2.28. The second-order valence-corrected chi connectivity index (χ2v) is 9.03. The largest absolute Gasteiger partial charge is 0.494 e. The molecule has 0 N–H and O–H groups in total. The second-order valence-electron chi connectivity index (χ2n) is 9.03. The van der Waals surface area contributed by atoms with E-state index in [9.17, 15) is 8.78 Å². The van der Waals surface area contributed by atoms with Gasteiger partial charge in [-0.3, -0.25) is 0 Å². The van der Waals surface area contributed by atoms with E-state index in [1.165, 1.54) is 6.07 Å². The van der Waals surface area contributed by atoms with Crippen LogP contribution < -0.4 is 4.74 Å². The Balaban J connectivity index is 1.48. The molecule has 0 bridgehead atoms. The van der Waals surface area contributed by atoms with E-state index in [1.54, 1.807) is 48.6 Å². The van der Waals surface area contributed by atoms with Gasteiger partial charge in [0.15, 0.2) is 11.6 Å². The van der Waals surface area contributed by atoms with Crippen molar-refractivity contribution >= 4 is 12.2 Å². The van der Waals surface area contributed by atoms with Gasteiger partial charge in [0.05, 0.1) is 6.61 Å². The fourth-order valence-electron chi connectivity index (χ4n) is 4.84. The van der Waals surface area contributed by atoms with Crippen LogP contribution in [0.15, 0.2) is 54.6 Å². The highest BCUT2D eigenvalue weighted by Crippen LogP contribution is 2.39. The highest BCUT2D eigenvalue weighted by atomic mass is 19.2. The summed E-state index contributed by atoms with van der Waals surface area (Å²) in [6.45, 7) is 4.52. The Morgan fingerprint density at radius 3 is 2.21 bits per heavy atom. The Kier molecular flexibility index (Phi) is 7.77. The molecule has 1 fully saturated rings. The lowest BCUT2D eigenvalue weighted by molar-refractivity contribution is 0.312. The fraction of sp³-hybridized carbons (Fsp3) is 0.333. The van der Waals surface area contributed by atoms with E-state index in [2.05, 4.69) is 6.92 Å². The second kappa shape index (κ2) is 10.9. The van der Waals surface area contributed by atoms with Gasteiger partial charge in [0.25, 0.3) is 0 Å². The third kappa shape index (κ3) is 5.38. The third-order valence-corrected chi connectivity index (χ3v) is 6.94. The molecule has 0 aliphatic heterocycles. The van der Waals surface area contributed by atoms with Gasteiger partial charge in [-0.25, -0.2) is 13.2 Å². The number of benzene rings is 3. The van der Waals surface area contributed by atoms with Gasteiger partial charge in [-0.1, -0.05) is 61.9 Å². The van der Waals surface area contributed by atoms with Gasteiger partial charge in [-0.15, -0.1) is 0 Å². The molecule has 1 nitrogen and oxygen atoms in total. The SMILES string of the molecule is CCOc1ccc(C=Cc2ccc(-c3ccc(C4CCC(CC)CC4)c(F)c3F)cc2)c(F)c1. The number of hydrogen-bond acceptors (Lipinski definition) is 1. The number of hydrogen-bond donors (Lipinski definition) is 0. The monoisotopic (exact) mass is 464 g/mol. The summed E-state index contributed by atoms with van der Waals surface area (Å²) >= 11 is 0. The van der Waals surface area contributed by atoms with E-state index >= 15 is 4.39 Å². The summed E-state index contributed by atoms with van der Waals surface area (Å²) in [5.41, 5.74) is 2.66. The Hall–Kier alpha value is -3.01. The van der Waals surface area contributed by atoms with Gasteiger partial charge < -0.3 is 4.74 Å². The van der Waals surface area contributed by atoms with Crippen molar-refractivity contribution in [1.82, 2.24) is 0 Å². The molecule has 4 rings (SSSR count). The maximum atomic E-state index is 15.0. The zero-order chi connectivity index (χ0) is 24.1. The first-order valence-corrected chi connectivity index (χ1v) is 12.2. The van der Waals surface area contributed by atoms with Crippen LogP contribution >= 0.6 is 0 Å². The summed E-state index contributed by atoms with van der Waals surface area (Å²) in [7, 11) is 0. The molecular weight excluding hydrogens is 433 g/mol. The molecule has 0 aromatic heterocycles. The number of rotatable bonds is 7. The van der Waals surface area contributed by atoms with Crippen molar-refractivity contribution in [2.24, 2.45) is 5.92 Å². The summed E-state index contributed by atoms with van der Waals surface area (Å²) in [5.74, 6) is -0.555. The normalized spacial score (nSPS) is 18.4. The molecule has 0 saturated heterocycles. The van der Waals surface area contributed by atoms with Gasteiger partial charge in [-0.2, -0.15) is 0 Å². The van der Waals surface area contributed by atoms with Crippen LogP contribution in [0.3, 0.4) is 0 Å². The molecule has 0 radical (unpaired) electrons. The Morgan fingerprint density at radius 1 is 0.824 bits per heavy atom. The molecule has 1 saturated carbocycles. The quantitative estimate of drug-likeness (QED) is 0.317. The van der Waals surface area contributed by atoms with Gasteiger partial charge in [0.2, 0.25) is 0 Å². The van der Waals surface area contributed by atoms with Gasteiger partial charge in [-0.05, 0) is 73.3 Å². The van der Waals surface area contributed by atoms with Crippen molar-refractivity contribution in [1.29, 1.82) is 0 Å².